The molecule has 2 aliphatic heterocycles. The van der Waals surface area contributed by atoms with Gasteiger partial charge in [0.15, 0.2) is 10.9 Å². The molecular weight excluding hydrogens is 564 g/mol. The Kier molecular flexibility index (Phi) is 9.85. The van der Waals surface area contributed by atoms with Gasteiger partial charge < -0.3 is 20.1 Å². The summed E-state index contributed by atoms with van der Waals surface area (Å²) in [5.41, 5.74) is 4.42. The number of anilines is 1. The quantitative estimate of drug-likeness (QED) is 0.209. The van der Waals surface area contributed by atoms with E-state index in [2.05, 4.69) is 18.5 Å². The normalized spacial score (nSPS) is 20.9. The zero-order valence-electron chi connectivity index (χ0n) is 24.9. The van der Waals surface area contributed by atoms with Crippen molar-refractivity contribution in [2.24, 2.45) is 5.92 Å². The fraction of sp³-hybridized carbons (Fsp3) is 0.515. The molecule has 1 saturated heterocycles. The van der Waals surface area contributed by atoms with Crippen LogP contribution in [0.4, 0.5) is 14.7 Å². The summed E-state index contributed by atoms with van der Waals surface area (Å²) >= 11 is 1.50. The van der Waals surface area contributed by atoms with Gasteiger partial charge in [0.1, 0.15) is 6.04 Å². The second-order valence-corrected chi connectivity index (χ2v) is 12.7. The van der Waals surface area contributed by atoms with Crippen LogP contribution < -0.4 is 5.32 Å². The number of fused-ring (bicyclic) bond motifs is 1. The Morgan fingerprint density at radius 2 is 1.95 bits per heavy atom. The molecule has 5 rings (SSSR count). The fourth-order valence-electron chi connectivity index (χ4n) is 7.06. The van der Waals surface area contributed by atoms with E-state index in [-0.39, 0.29) is 30.3 Å². The van der Waals surface area contributed by atoms with Gasteiger partial charge >= 0.3 is 12.2 Å². The van der Waals surface area contributed by atoms with E-state index in [4.69, 9.17) is 9.72 Å². The number of nitrogens with zero attached hydrogens (tertiary/aromatic N) is 3. The molecule has 43 heavy (non-hydrogen) atoms. The van der Waals surface area contributed by atoms with Crippen molar-refractivity contribution in [1.82, 2.24) is 14.8 Å². The molecule has 1 saturated carbocycles. The monoisotopic (exact) mass is 606 g/mol. The minimum absolute atomic E-state index is 0.0765. The summed E-state index contributed by atoms with van der Waals surface area (Å²) in [6.07, 6.45) is 10.8. The smallest absolute Gasteiger partial charge is 0.409 e. The first-order valence-electron chi connectivity index (χ1n) is 15.3. The lowest BCUT2D eigenvalue weighted by atomic mass is 9.79. The van der Waals surface area contributed by atoms with E-state index in [9.17, 15) is 19.5 Å². The van der Waals surface area contributed by atoms with E-state index in [0.29, 0.717) is 18.2 Å². The number of rotatable bonds is 11. The largest absolute Gasteiger partial charge is 0.465 e. The van der Waals surface area contributed by atoms with E-state index >= 15 is 0 Å². The molecule has 10 heteroatoms. The highest BCUT2D eigenvalue weighted by molar-refractivity contribution is 7.13. The number of likely N-dealkylation sites (tertiary alicyclic amines) is 1. The van der Waals surface area contributed by atoms with Crippen LogP contribution in [-0.4, -0.2) is 64.1 Å². The summed E-state index contributed by atoms with van der Waals surface area (Å²) in [6.45, 7) is 9.08. The first-order chi connectivity index (χ1) is 20.9. The number of hydrogen-bond donors (Lipinski definition) is 2. The molecule has 0 spiro atoms. The van der Waals surface area contributed by atoms with Crippen LogP contribution in [0.5, 0.6) is 0 Å². The summed E-state index contributed by atoms with van der Waals surface area (Å²) in [5, 5.41) is 16.5. The number of allylic oxidation sites excluding steroid dienone is 1. The third-order valence-corrected chi connectivity index (χ3v) is 10.1. The number of amides is 2. The molecule has 3 heterocycles. The zero-order valence-corrected chi connectivity index (χ0v) is 25.7. The highest BCUT2D eigenvalue weighted by Gasteiger charge is 2.45. The molecule has 1 aliphatic carbocycles. The number of unbranched alkanes of at least 4 members (excludes halogenated alkanes) is 1. The van der Waals surface area contributed by atoms with Gasteiger partial charge in [0.2, 0.25) is 0 Å². The van der Waals surface area contributed by atoms with Crippen molar-refractivity contribution in [2.45, 2.75) is 82.3 Å². The number of nitrogens with one attached hydrogen (secondary N) is 1. The second kappa shape index (κ2) is 13.8. The van der Waals surface area contributed by atoms with Gasteiger partial charge in [-0.3, -0.25) is 9.69 Å². The fourth-order valence-corrected chi connectivity index (χ4v) is 7.84. The number of methoxy groups -OCH3 is 1. The molecular formula is C33H42N4O5S. The molecule has 2 N–H and O–H groups in total. The minimum atomic E-state index is -1.12. The van der Waals surface area contributed by atoms with Crippen LogP contribution >= 0.6 is 11.3 Å². The average Bonchev–Trinajstić information content (AvgIpc) is 3.78. The molecule has 230 valence electrons. The van der Waals surface area contributed by atoms with Gasteiger partial charge in [0.05, 0.1) is 25.4 Å². The van der Waals surface area contributed by atoms with Gasteiger partial charge in [-0.05, 0) is 66.7 Å². The van der Waals surface area contributed by atoms with E-state index in [0.717, 1.165) is 85.7 Å². The van der Waals surface area contributed by atoms with Gasteiger partial charge in [-0.15, -0.1) is 17.9 Å². The number of aryl methyl sites for hydroxylation is 1. The third kappa shape index (κ3) is 6.49. The van der Waals surface area contributed by atoms with Gasteiger partial charge in [0, 0.05) is 24.4 Å². The molecule has 0 radical (unpaired) electrons. The van der Waals surface area contributed by atoms with E-state index in [1.807, 2.05) is 23.6 Å². The Balaban J connectivity index is 1.45. The Morgan fingerprint density at radius 1 is 1.19 bits per heavy atom. The van der Waals surface area contributed by atoms with Crippen LogP contribution in [0, 0.1) is 5.92 Å². The molecule has 9 nitrogen and oxygen atoms in total. The zero-order chi connectivity index (χ0) is 30.5. The van der Waals surface area contributed by atoms with Crippen molar-refractivity contribution in [1.29, 1.82) is 0 Å². The van der Waals surface area contributed by atoms with Crippen LogP contribution in [0.3, 0.4) is 0 Å². The van der Waals surface area contributed by atoms with Crippen molar-refractivity contribution < 1.29 is 24.2 Å². The molecule has 3 atom stereocenters. The number of thiazole rings is 1. The summed E-state index contributed by atoms with van der Waals surface area (Å²) in [5.74, 6) is 0.0552. The van der Waals surface area contributed by atoms with Gasteiger partial charge in [-0.2, -0.15) is 0 Å². The predicted molar refractivity (Wildman–Crippen MR) is 168 cm³/mol. The van der Waals surface area contributed by atoms with Crippen LogP contribution in [-0.2, 0) is 22.5 Å². The number of ketones is 1. The van der Waals surface area contributed by atoms with Crippen molar-refractivity contribution in [3.63, 3.8) is 0 Å². The SMILES string of the molecule is C=CCCCc1csc(N[C@H](C(=O)C2c3ccc(C4CCN(C(=O)OC)C4)c(C=C)c3CN2C(=O)O)C2CCCCC2)n1. The van der Waals surface area contributed by atoms with Gasteiger partial charge in [-0.25, -0.2) is 14.6 Å². The third-order valence-electron chi connectivity index (χ3n) is 9.24. The maximum Gasteiger partial charge on any atom is 0.409 e. The topological polar surface area (TPSA) is 112 Å². The van der Waals surface area contributed by atoms with Crippen LogP contribution in [0.2, 0.25) is 0 Å². The summed E-state index contributed by atoms with van der Waals surface area (Å²) in [6, 6.07) is 2.46. The first kappa shape index (κ1) is 30.8. The van der Waals surface area contributed by atoms with Crippen molar-refractivity contribution in [3.05, 3.63) is 64.7 Å². The number of carboxylic acid groups (broad SMARTS) is 1. The van der Waals surface area contributed by atoms with Crippen molar-refractivity contribution in [2.75, 3.05) is 25.5 Å². The lowest BCUT2D eigenvalue weighted by Gasteiger charge is -2.33. The van der Waals surface area contributed by atoms with Crippen LogP contribution in [0.1, 0.15) is 91.3 Å². The molecule has 2 fully saturated rings. The lowest BCUT2D eigenvalue weighted by Crippen LogP contribution is -2.45. The number of carbonyl (C=O) groups excluding carboxylic acids is 2. The van der Waals surface area contributed by atoms with Crippen LogP contribution in [0.15, 0.2) is 36.7 Å². The standard InChI is InChI=1S/C33H42N4O5S/c1-4-6-8-13-23-20-43-31(34-23)35-28(21-11-9-7-10-12-21)30(38)29-26-15-14-25(22-16-17-36(18-22)33(41)42-3)24(5-2)27(26)19-37(29)32(39)40/h4-5,14-15,20-22,28-29H,1-2,6-13,16-19H2,3H3,(H,34,35)(H,39,40)/t22?,28-,29?/m0/s1. The van der Waals surface area contributed by atoms with Crippen molar-refractivity contribution in [3.8, 4) is 0 Å². The van der Waals surface area contributed by atoms with Crippen molar-refractivity contribution >= 4 is 40.5 Å². The highest BCUT2D eigenvalue weighted by atomic mass is 32.1. The molecule has 2 amide bonds. The number of benzene rings is 1. The molecule has 3 aliphatic rings. The maximum atomic E-state index is 14.6. The Morgan fingerprint density at radius 3 is 2.65 bits per heavy atom. The number of aromatic nitrogens is 1. The Bertz CT molecular complexity index is 1370. The molecule has 1 aromatic heterocycles. The predicted octanol–water partition coefficient (Wildman–Crippen LogP) is 7.02. The summed E-state index contributed by atoms with van der Waals surface area (Å²) in [4.78, 5) is 47.0. The maximum absolute atomic E-state index is 14.6. The van der Waals surface area contributed by atoms with E-state index in [1.54, 1.807) is 11.0 Å². The molecule has 2 aromatic rings. The summed E-state index contributed by atoms with van der Waals surface area (Å²) < 4.78 is 4.91. The Hall–Kier alpha value is -3.66. The first-order valence-corrected chi connectivity index (χ1v) is 16.2. The molecule has 0 bridgehead atoms. The van der Waals surface area contributed by atoms with E-state index in [1.165, 1.54) is 23.3 Å². The number of carbonyl (C=O) groups is 3. The number of hydrogen-bond acceptors (Lipinski definition) is 7. The molecule has 1 aromatic carbocycles. The average molecular weight is 607 g/mol. The van der Waals surface area contributed by atoms with Gasteiger partial charge in [0.25, 0.3) is 0 Å². The van der Waals surface area contributed by atoms with Gasteiger partial charge in [-0.1, -0.05) is 50.1 Å². The minimum Gasteiger partial charge on any atom is -0.465 e. The van der Waals surface area contributed by atoms with Crippen LogP contribution in [0.25, 0.3) is 6.08 Å². The highest BCUT2D eigenvalue weighted by Crippen LogP contribution is 2.43. The second-order valence-electron chi connectivity index (χ2n) is 11.8. The number of ether oxygens (including phenoxy) is 1. The molecule has 2 unspecified atom stereocenters. The van der Waals surface area contributed by atoms with E-state index < -0.39 is 18.2 Å². The Labute approximate surface area is 257 Å². The number of Topliss-reactive ketones (excluding diaryl/α,β-unsaturated/α-hetero) is 1. The summed E-state index contributed by atoms with van der Waals surface area (Å²) in [7, 11) is 1.38. The lowest BCUT2D eigenvalue weighted by molar-refractivity contribution is -0.125.